The number of nitrogens with zero attached hydrogens (tertiary/aromatic N) is 1. The number of hydrogen-bond donors (Lipinski definition) is 1. The van der Waals surface area contributed by atoms with Crippen molar-refractivity contribution in [2.75, 3.05) is 26.3 Å². The van der Waals surface area contributed by atoms with Crippen molar-refractivity contribution in [3.63, 3.8) is 0 Å². The number of rotatable bonds is 4. The molecule has 88 valence electrons. The van der Waals surface area contributed by atoms with Crippen LogP contribution in [0, 0.1) is 0 Å². The van der Waals surface area contributed by atoms with Gasteiger partial charge in [-0.05, 0) is 25.7 Å². The summed E-state index contributed by atoms with van der Waals surface area (Å²) in [5.74, 6) is 0. The minimum absolute atomic E-state index is 0.741. The van der Waals surface area contributed by atoms with Gasteiger partial charge < -0.3 is 10.5 Å². The summed E-state index contributed by atoms with van der Waals surface area (Å²) in [6.45, 7) is 3.76. The Labute approximate surface area is 93.0 Å². The Morgan fingerprint density at radius 2 is 1.60 bits per heavy atom. The molecule has 15 heavy (non-hydrogen) atoms. The van der Waals surface area contributed by atoms with Crippen LogP contribution < -0.4 is 5.73 Å². The quantitative estimate of drug-likeness (QED) is 0.765. The molecule has 2 aliphatic rings. The lowest BCUT2D eigenvalue weighted by Gasteiger charge is -2.38. The number of hydrogen-bond acceptors (Lipinski definition) is 3. The van der Waals surface area contributed by atoms with Crippen molar-refractivity contribution in [3.05, 3.63) is 0 Å². The van der Waals surface area contributed by atoms with Crippen LogP contribution in [0.1, 0.15) is 38.5 Å². The first-order chi connectivity index (χ1) is 7.42. The fourth-order valence-electron chi connectivity index (χ4n) is 3.07. The second-order valence-electron chi connectivity index (χ2n) is 4.81. The fourth-order valence-corrected chi connectivity index (χ4v) is 3.07. The van der Waals surface area contributed by atoms with Crippen molar-refractivity contribution < 1.29 is 4.74 Å². The van der Waals surface area contributed by atoms with E-state index in [1.54, 1.807) is 0 Å². The van der Waals surface area contributed by atoms with Crippen LogP contribution in [0.5, 0.6) is 0 Å². The van der Waals surface area contributed by atoms with Gasteiger partial charge in [0.1, 0.15) is 0 Å². The van der Waals surface area contributed by atoms with E-state index in [9.17, 15) is 0 Å². The molecule has 3 heteroatoms. The van der Waals surface area contributed by atoms with Gasteiger partial charge in [0.2, 0.25) is 0 Å². The molecule has 2 fully saturated rings. The predicted octanol–water partition coefficient (Wildman–Crippen LogP) is 1.37. The van der Waals surface area contributed by atoms with Gasteiger partial charge in [-0.1, -0.05) is 12.8 Å². The van der Waals surface area contributed by atoms with Crippen molar-refractivity contribution in [1.29, 1.82) is 0 Å². The summed E-state index contributed by atoms with van der Waals surface area (Å²) < 4.78 is 5.43. The summed E-state index contributed by atoms with van der Waals surface area (Å²) in [5, 5.41) is 0. The van der Waals surface area contributed by atoms with Crippen molar-refractivity contribution >= 4 is 0 Å². The SMILES string of the molecule is NCCN(C1CCCC1)C1CCOCC1. The summed E-state index contributed by atoms with van der Waals surface area (Å²) in [4.78, 5) is 2.68. The summed E-state index contributed by atoms with van der Waals surface area (Å²) >= 11 is 0. The molecule has 0 aromatic heterocycles. The third-order valence-corrected chi connectivity index (χ3v) is 3.84. The highest BCUT2D eigenvalue weighted by Crippen LogP contribution is 2.27. The predicted molar refractivity (Wildman–Crippen MR) is 61.9 cm³/mol. The molecule has 2 N–H and O–H groups in total. The maximum Gasteiger partial charge on any atom is 0.0480 e. The molecule has 1 heterocycles. The summed E-state index contributed by atoms with van der Waals surface area (Å²) in [5.41, 5.74) is 5.73. The first kappa shape index (κ1) is 11.4. The average molecular weight is 212 g/mol. The van der Waals surface area contributed by atoms with E-state index >= 15 is 0 Å². The third kappa shape index (κ3) is 2.92. The molecule has 0 atom stereocenters. The van der Waals surface area contributed by atoms with Gasteiger partial charge in [-0.15, -0.1) is 0 Å². The van der Waals surface area contributed by atoms with E-state index in [-0.39, 0.29) is 0 Å². The smallest absolute Gasteiger partial charge is 0.0480 e. The molecule has 3 nitrogen and oxygen atoms in total. The molecular weight excluding hydrogens is 188 g/mol. The Bertz CT molecular complexity index is 174. The maximum atomic E-state index is 5.73. The lowest BCUT2D eigenvalue weighted by molar-refractivity contribution is 0.0189. The van der Waals surface area contributed by atoms with Gasteiger partial charge >= 0.3 is 0 Å². The molecule has 0 unspecified atom stereocenters. The second kappa shape index (κ2) is 5.83. The van der Waals surface area contributed by atoms with Gasteiger partial charge in [0.15, 0.2) is 0 Å². The largest absolute Gasteiger partial charge is 0.381 e. The van der Waals surface area contributed by atoms with Crippen LogP contribution in [0.2, 0.25) is 0 Å². The molecule has 0 radical (unpaired) electrons. The molecule has 0 aromatic rings. The van der Waals surface area contributed by atoms with Crippen LogP contribution >= 0.6 is 0 Å². The van der Waals surface area contributed by atoms with Crippen LogP contribution in [0.15, 0.2) is 0 Å². The molecule has 0 bridgehead atoms. The van der Waals surface area contributed by atoms with Crippen molar-refractivity contribution in [2.24, 2.45) is 5.73 Å². The lowest BCUT2D eigenvalue weighted by atomic mass is 10.0. The van der Waals surface area contributed by atoms with Crippen LogP contribution in [0.3, 0.4) is 0 Å². The summed E-state index contributed by atoms with van der Waals surface area (Å²) in [7, 11) is 0. The first-order valence-electron chi connectivity index (χ1n) is 6.45. The Morgan fingerprint density at radius 3 is 2.20 bits per heavy atom. The van der Waals surface area contributed by atoms with Crippen LogP contribution in [-0.4, -0.2) is 43.3 Å². The van der Waals surface area contributed by atoms with Crippen LogP contribution in [0.25, 0.3) is 0 Å². The lowest BCUT2D eigenvalue weighted by Crippen LogP contribution is -2.47. The molecule has 2 rings (SSSR count). The van der Waals surface area contributed by atoms with E-state index in [1.807, 2.05) is 0 Å². The fraction of sp³-hybridized carbons (Fsp3) is 1.00. The molecule has 0 aromatic carbocycles. The molecule has 1 aliphatic heterocycles. The molecule has 1 aliphatic carbocycles. The van der Waals surface area contributed by atoms with Crippen molar-refractivity contribution in [2.45, 2.75) is 50.6 Å². The highest BCUT2D eigenvalue weighted by atomic mass is 16.5. The first-order valence-corrected chi connectivity index (χ1v) is 6.45. The number of ether oxygens (including phenoxy) is 1. The summed E-state index contributed by atoms with van der Waals surface area (Å²) in [6.07, 6.45) is 8.01. The normalized spacial score (nSPS) is 25.2. The highest BCUT2D eigenvalue weighted by Gasteiger charge is 2.29. The van der Waals surface area contributed by atoms with Gasteiger partial charge in [0.25, 0.3) is 0 Å². The monoisotopic (exact) mass is 212 g/mol. The standard InChI is InChI=1S/C12H24N2O/c13-7-8-14(11-3-1-2-4-11)12-5-9-15-10-6-12/h11-12H,1-10,13H2. The highest BCUT2D eigenvalue weighted by molar-refractivity contribution is 4.84. The average Bonchev–Trinajstić information content (AvgIpc) is 2.80. The maximum absolute atomic E-state index is 5.73. The van der Waals surface area contributed by atoms with Crippen molar-refractivity contribution in [1.82, 2.24) is 4.90 Å². The number of nitrogens with two attached hydrogens (primary N) is 1. The van der Waals surface area contributed by atoms with E-state index in [4.69, 9.17) is 10.5 Å². The zero-order chi connectivity index (χ0) is 10.5. The molecule has 0 spiro atoms. The van der Waals surface area contributed by atoms with E-state index in [1.165, 1.54) is 38.5 Å². The molecule has 0 amide bonds. The minimum Gasteiger partial charge on any atom is -0.381 e. The second-order valence-corrected chi connectivity index (χ2v) is 4.81. The molecular formula is C12H24N2O. The van der Waals surface area contributed by atoms with Crippen molar-refractivity contribution in [3.8, 4) is 0 Å². The topological polar surface area (TPSA) is 38.5 Å². The van der Waals surface area contributed by atoms with Gasteiger partial charge in [-0.2, -0.15) is 0 Å². The van der Waals surface area contributed by atoms with E-state index < -0.39 is 0 Å². The summed E-state index contributed by atoms with van der Waals surface area (Å²) in [6, 6.07) is 1.56. The van der Waals surface area contributed by atoms with E-state index in [2.05, 4.69) is 4.90 Å². The van der Waals surface area contributed by atoms with Gasteiger partial charge in [0.05, 0.1) is 0 Å². The zero-order valence-corrected chi connectivity index (χ0v) is 9.66. The zero-order valence-electron chi connectivity index (χ0n) is 9.66. The minimum atomic E-state index is 0.741. The van der Waals surface area contributed by atoms with Crippen LogP contribution in [-0.2, 0) is 4.74 Å². The molecule has 1 saturated carbocycles. The Balaban J connectivity index is 1.90. The van der Waals surface area contributed by atoms with E-state index in [0.29, 0.717) is 0 Å². The Kier molecular flexibility index (Phi) is 4.42. The third-order valence-electron chi connectivity index (χ3n) is 3.84. The Morgan fingerprint density at radius 1 is 1.00 bits per heavy atom. The van der Waals surface area contributed by atoms with E-state index in [0.717, 1.165) is 38.4 Å². The Hall–Kier alpha value is -0.120. The molecule has 1 saturated heterocycles. The van der Waals surface area contributed by atoms with Crippen LogP contribution in [0.4, 0.5) is 0 Å². The van der Waals surface area contributed by atoms with Gasteiger partial charge in [-0.3, -0.25) is 4.90 Å². The van der Waals surface area contributed by atoms with Gasteiger partial charge in [0, 0.05) is 38.4 Å². The van der Waals surface area contributed by atoms with Gasteiger partial charge in [-0.25, -0.2) is 0 Å².